The fraction of sp³-hybridized carbons (Fsp3) is 0.400. The van der Waals surface area contributed by atoms with E-state index in [-0.39, 0.29) is 6.61 Å². The molecule has 0 spiro atoms. The quantitative estimate of drug-likeness (QED) is 0.551. The van der Waals surface area contributed by atoms with Crippen LogP contribution < -0.4 is 0 Å². The first-order valence-electron chi connectivity index (χ1n) is 8.50. The fourth-order valence-electron chi connectivity index (χ4n) is 2.78. The summed E-state index contributed by atoms with van der Waals surface area (Å²) in [5.74, 6) is 0.836. The molecule has 0 bridgehead atoms. The average molecular weight is 362 g/mol. The minimum atomic E-state index is -0.737. The summed E-state index contributed by atoms with van der Waals surface area (Å²) in [5, 5.41) is 31.9. The van der Waals surface area contributed by atoms with Crippen LogP contribution in [0.4, 0.5) is 0 Å². The van der Waals surface area contributed by atoms with Gasteiger partial charge in [0.05, 0.1) is 12.2 Å². The Bertz CT molecular complexity index is 672. The van der Waals surface area contributed by atoms with Crippen molar-refractivity contribution >= 4 is 17.4 Å². The molecule has 0 saturated heterocycles. The monoisotopic (exact) mass is 362 g/mol. The van der Waals surface area contributed by atoms with E-state index in [1.165, 1.54) is 11.3 Å². The number of hydrogen-bond donors (Lipinski definition) is 3. The third kappa shape index (κ3) is 5.41. The molecule has 2 aromatic rings. The molecule has 0 radical (unpaired) electrons. The Morgan fingerprint density at radius 1 is 1.32 bits per heavy atom. The maximum absolute atomic E-state index is 10.5. The van der Waals surface area contributed by atoms with E-state index in [2.05, 4.69) is 13.5 Å². The van der Waals surface area contributed by atoms with Crippen LogP contribution in [-0.2, 0) is 6.61 Å². The van der Waals surface area contributed by atoms with E-state index in [9.17, 15) is 10.2 Å². The van der Waals surface area contributed by atoms with E-state index in [4.69, 9.17) is 9.52 Å². The Kier molecular flexibility index (Phi) is 7.65. The molecule has 2 rings (SSSR count). The third-order valence-corrected chi connectivity index (χ3v) is 5.26. The van der Waals surface area contributed by atoms with Crippen LogP contribution in [0.3, 0.4) is 0 Å². The van der Waals surface area contributed by atoms with Gasteiger partial charge < -0.3 is 19.7 Å². The second-order valence-electron chi connectivity index (χ2n) is 6.00. The van der Waals surface area contributed by atoms with Crippen LogP contribution >= 0.6 is 11.3 Å². The molecule has 4 nitrogen and oxygen atoms in total. The van der Waals surface area contributed by atoms with Gasteiger partial charge in [0.1, 0.15) is 18.1 Å². The highest BCUT2D eigenvalue weighted by Gasteiger charge is 2.26. The van der Waals surface area contributed by atoms with Crippen LogP contribution in [0.2, 0.25) is 0 Å². The molecule has 0 amide bonds. The summed E-state index contributed by atoms with van der Waals surface area (Å²) < 4.78 is 5.48. The van der Waals surface area contributed by atoms with Crippen LogP contribution in [0.15, 0.2) is 52.3 Å². The number of rotatable bonds is 10. The second-order valence-corrected chi connectivity index (χ2v) is 6.98. The zero-order chi connectivity index (χ0) is 18.2. The van der Waals surface area contributed by atoms with Crippen molar-refractivity contribution in [3.8, 4) is 0 Å². The van der Waals surface area contributed by atoms with Crippen molar-refractivity contribution in [1.29, 1.82) is 0 Å². The van der Waals surface area contributed by atoms with E-state index in [1.807, 2.05) is 29.7 Å². The van der Waals surface area contributed by atoms with Gasteiger partial charge in [-0.05, 0) is 48.9 Å². The lowest BCUT2D eigenvalue weighted by Gasteiger charge is -2.24. The predicted octanol–water partition coefficient (Wildman–Crippen LogP) is 4.30. The molecule has 3 atom stereocenters. The standard InChI is InChI=1S/C20H26O4S/c1-3-14(12-15-8-9-16(13-21)24-15)7-10-18(22)17(4-2)20(23)19-6-5-11-25-19/h4-6,8-9,11-12,17-18,20-23H,2-3,7,10,13H2,1H3/b14-12+/t17-,18-,20+/m1/s1. The predicted molar refractivity (Wildman–Crippen MR) is 101 cm³/mol. The van der Waals surface area contributed by atoms with Gasteiger partial charge in [0.15, 0.2) is 0 Å². The van der Waals surface area contributed by atoms with Gasteiger partial charge in [-0.25, -0.2) is 0 Å². The van der Waals surface area contributed by atoms with Gasteiger partial charge in [0.25, 0.3) is 0 Å². The molecule has 25 heavy (non-hydrogen) atoms. The third-order valence-electron chi connectivity index (χ3n) is 4.32. The van der Waals surface area contributed by atoms with Crippen molar-refractivity contribution in [3.05, 3.63) is 64.3 Å². The van der Waals surface area contributed by atoms with Crippen molar-refractivity contribution < 1.29 is 19.7 Å². The molecule has 0 aliphatic carbocycles. The first-order valence-corrected chi connectivity index (χ1v) is 9.38. The lowest BCUT2D eigenvalue weighted by molar-refractivity contribution is 0.0336. The maximum Gasteiger partial charge on any atom is 0.130 e. The summed E-state index contributed by atoms with van der Waals surface area (Å²) in [6, 6.07) is 7.33. The molecule has 0 unspecified atom stereocenters. The Labute approximate surface area is 152 Å². The summed E-state index contributed by atoms with van der Waals surface area (Å²) in [5.41, 5.74) is 1.14. The average Bonchev–Trinajstić information content (AvgIpc) is 3.30. The Morgan fingerprint density at radius 2 is 2.12 bits per heavy atom. The van der Waals surface area contributed by atoms with Crippen LogP contribution in [0, 0.1) is 5.92 Å². The Hall–Kier alpha value is -1.66. The van der Waals surface area contributed by atoms with Gasteiger partial charge in [-0.1, -0.05) is 24.6 Å². The molecule has 0 aliphatic rings. The number of aliphatic hydroxyl groups excluding tert-OH is 3. The molecule has 2 heterocycles. The van der Waals surface area contributed by atoms with Gasteiger partial charge in [-0.2, -0.15) is 0 Å². The lowest BCUT2D eigenvalue weighted by atomic mass is 9.90. The largest absolute Gasteiger partial charge is 0.459 e. The van der Waals surface area contributed by atoms with Crippen molar-refractivity contribution in [2.45, 2.75) is 45.0 Å². The molecule has 3 N–H and O–H groups in total. The number of furan rings is 1. The van der Waals surface area contributed by atoms with E-state index in [0.717, 1.165) is 16.9 Å². The van der Waals surface area contributed by atoms with Crippen molar-refractivity contribution in [2.75, 3.05) is 0 Å². The number of hydrogen-bond acceptors (Lipinski definition) is 5. The summed E-state index contributed by atoms with van der Waals surface area (Å²) >= 11 is 1.47. The Morgan fingerprint density at radius 3 is 2.68 bits per heavy atom. The maximum atomic E-state index is 10.5. The number of allylic oxidation sites excluding steroid dienone is 1. The Balaban J connectivity index is 1.97. The van der Waals surface area contributed by atoms with E-state index < -0.39 is 18.1 Å². The fourth-order valence-corrected chi connectivity index (χ4v) is 3.55. The van der Waals surface area contributed by atoms with Gasteiger partial charge in [0, 0.05) is 10.8 Å². The first kappa shape index (κ1) is 19.7. The summed E-state index contributed by atoms with van der Waals surface area (Å²) in [6.45, 7) is 5.71. The smallest absolute Gasteiger partial charge is 0.130 e. The zero-order valence-electron chi connectivity index (χ0n) is 14.5. The molecule has 2 aromatic heterocycles. The molecular formula is C20H26O4S. The van der Waals surface area contributed by atoms with E-state index >= 15 is 0 Å². The molecular weight excluding hydrogens is 336 g/mol. The molecule has 5 heteroatoms. The molecule has 136 valence electrons. The second kappa shape index (κ2) is 9.73. The van der Waals surface area contributed by atoms with Gasteiger partial charge in [-0.15, -0.1) is 17.9 Å². The summed E-state index contributed by atoms with van der Waals surface area (Å²) in [6.07, 6.45) is 4.25. The van der Waals surface area contributed by atoms with E-state index in [0.29, 0.717) is 24.4 Å². The first-order chi connectivity index (χ1) is 12.1. The number of aliphatic hydroxyl groups is 3. The highest BCUT2D eigenvalue weighted by molar-refractivity contribution is 7.10. The van der Waals surface area contributed by atoms with Crippen LogP contribution in [0.5, 0.6) is 0 Å². The van der Waals surface area contributed by atoms with Crippen molar-refractivity contribution in [3.63, 3.8) is 0 Å². The highest BCUT2D eigenvalue weighted by Crippen LogP contribution is 2.31. The van der Waals surface area contributed by atoms with Gasteiger partial charge >= 0.3 is 0 Å². The van der Waals surface area contributed by atoms with E-state index in [1.54, 1.807) is 12.1 Å². The topological polar surface area (TPSA) is 73.8 Å². The van der Waals surface area contributed by atoms with Gasteiger partial charge in [-0.3, -0.25) is 0 Å². The SMILES string of the molecule is C=C[C@H]([C@H](O)CC/C(=C/c1ccc(CO)o1)CC)[C@H](O)c1cccs1. The molecule has 0 aromatic carbocycles. The van der Waals surface area contributed by atoms with Gasteiger partial charge in [0.2, 0.25) is 0 Å². The molecule has 0 fully saturated rings. The van der Waals surface area contributed by atoms with Crippen molar-refractivity contribution in [1.82, 2.24) is 0 Å². The zero-order valence-corrected chi connectivity index (χ0v) is 15.3. The van der Waals surface area contributed by atoms with Crippen LogP contribution in [-0.4, -0.2) is 21.4 Å². The lowest BCUT2D eigenvalue weighted by Crippen LogP contribution is -2.24. The normalized spacial score (nSPS) is 15.8. The van der Waals surface area contributed by atoms with Crippen molar-refractivity contribution in [2.24, 2.45) is 5.92 Å². The van der Waals surface area contributed by atoms with Crippen LogP contribution in [0.1, 0.15) is 48.7 Å². The number of thiophene rings is 1. The minimum Gasteiger partial charge on any atom is -0.459 e. The summed E-state index contributed by atoms with van der Waals surface area (Å²) in [7, 11) is 0. The minimum absolute atomic E-state index is 0.115. The highest BCUT2D eigenvalue weighted by atomic mass is 32.1. The molecule has 0 aliphatic heterocycles. The molecule has 0 saturated carbocycles. The van der Waals surface area contributed by atoms with Crippen LogP contribution in [0.25, 0.3) is 6.08 Å². The summed E-state index contributed by atoms with van der Waals surface area (Å²) in [4.78, 5) is 0.835.